The zero-order chi connectivity index (χ0) is 16.1. The van der Waals surface area contributed by atoms with Crippen LogP contribution in [0, 0.1) is 6.92 Å². The molecule has 0 N–H and O–H groups in total. The van der Waals surface area contributed by atoms with Gasteiger partial charge < -0.3 is 13.9 Å². The number of carbonyl (C=O) groups excluding carboxylic acids is 1. The van der Waals surface area contributed by atoms with Gasteiger partial charge in [0.2, 0.25) is 5.78 Å². The number of hydrogen-bond acceptors (Lipinski definition) is 4. The van der Waals surface area contributed by atoms with Crippen LogP contribution in [-0.4, -0.2) is 19.0 Å². The Balaban J connectivity index is 2.28. The number of allylic oxidation sites excluding steroid dienone is 1. The molecule has 2 rings (SSSR count). The molecule has 1 heterocycles. The molecule has 0 aliphatic carbocycles. The quantitative estimate of drug-likeness (QED) is 0.590. The van der Waals surface area contributed by atoms with Gasteiger partial charge in [0.15, 0.2) is 17.3 Å². The van der Waals surface area contributed by atoms with Crippen LogP contribution in [-0.2, 0) is 0 Å². The van der Waals surface area contributed by atoms with Gasteiger partial charge in [-0.1, -0.05) is 12.1 Å². The molecule has 0 aliphatic heterocycles. The van der Waals surface area contributed by atoms with Crippen molar-refractivity contribution >= 4 is 11.9 Å². The molecule has 4 nitrogen and oxygen atoms in total. The molecule has 1 aromatic heterocycles. The van der Waals surface area contributed by atoms with Crippen LogP contribution >= 0.6 is 0 Å². The van der Waals surface area contributed by atoms with E-state index in [1.165, 1.54) is 6.08 Å². The fourth-order valence-electron chi connectivity index (χ4n) is 2.00. The molecule has 0 unspecified atom stereocenters. The zero-order valence-electron chi connectivity index (χ0n) is 13.3. The van der Waals surface area contributed by atoms with Crippen LogP contribution in [0.15, 0.2) is 40.8 Å². The van der Waals surface area contributed by atoms with Crippen molar-refractivity contribution in [3.8, 4) is 11.5 Å². The molecule has 1 aromatic carbocycles. The highest BCUT2D eigenvalue weighted by atomic mass is 16.5. The second-order valence-corrected chi connectivity index (χ2v) is 5.15. The lowest BCUT2D eigenvalue weighted by Crippen LogP contribution is -2.08. The van der Waals surface area contributed by atoms with Crippen molar-refractivity contribution in [2.45, 2.75) is 26.9 Å². The Morgan fingerprint density at radius 3 is 2.59 bits per heavy atom. The van der Waals surface area contributed by atoms with Crippen LogP contribution in [0.25, 0.3) is 6.08 Å². The van der Waals surface area contributed by atoms with Crippen molar-refractivity contribution in [3.63, 3.8) is 0 Å². The van der Waals surface area contributed by atoms with Gasteiger partial charge in [-0.15, -0.1) is 0 Å². The molecule has 0 aliphatic rings. The standard InChI is InChI=1S/C18H20O4/c1-12(2)21-18-14(6-5-7-17(18)20-4)9-10-15(19)16-11-8-13(3)22-16/h5-12H,1-4H3/b10-9+. The van der Waals surface area contributed by atoms with Crippen LogP contribution in [0.4, 0.5) is 0 Å². The lowest BCUT2D eigenvalue weighted by molar-refractivity contribution is 0.102. The smallest absolute Gasteiger partial charge is 0.221 e. The molecule has 0 bridgehead atoms. The third-order valence-corrected chi connectivity index (χ3v) is 2.98. The van der Waals surface area contributed by atoms with E-state index < -0.39 is 0 Å². The summed E-state index contributed by atoms with van der Waals surface area (Å²) in [5.74, 6) is 2.10. The van der Waals surface area contributed by atoms with Gasteiger partial charge in [0.05, 0.1) is 13.2 Å². The van der Waals surface area contributed by atoms with Gasteiger partial charge in [-0.05, 0) is 51.1 Å². The molecule has 2 aromatic rings. The summed E-state index contributed by atoms with van der Waals surface area (Å²) >= 11 is 0. The number of aryl methyl sites for hydroxylation is 1. The van der Waals surface area contributed by atoms with Gasteiger partial charge in [0, 0.05) is 5.56 Å². The van der Waals surface area contributed by atoms with Crippen molar-refractivity contribution in [1.29, 1.82) is 0 Å². The number of para-hydroxylation sites is 1. The summed E-state index contributed by atoms with van der Waals surface area (Å²) in [6, 6.07) is 8.98. The van der Waals surface area contributed by atoms with Gasteiger partial charge in [-0.2, -0.15) is 0 Å². The molecule has 0 spiro atoms. The van der Waals surface area contributed by atoms with E-state index in [0.717, 1.165) is 5.56 Å². The highest BCUT2D eigenvalue weighted by molar-refractivity contribution is 6.05. The number of ketones is 1. The van der Waals surface area contributed by atoms with E-state index in [-0.39, 0.29) is 11.9 Å². The van der Waals surface area contributed by atoms with Gasteiger partial charge in [0.1, 0.15) is 5.76 Å². The van der Waals surface area contributed by atoms with Crippen LogP contribution in [0.5, 0.6) is 11.5 Å². The first-order valence-corrected chi connectivity index (χ1v) is 7.13. The number of carbonyl (C=O) groups is 1. The number of furan rings is 1. The van der Waals surface area contributed by atoms with Gasteiger partial charge in [0.25, 0.3) is 0 Å². The summed E-state index contributed by atoms with van der Waals surface area (Å²) in [5, 5.41) is 0. The first-order valence-electron chi connectivity index (χ1n) is 7.13. The Bertz CT molecular complexity index is 680. The number of methoxy groups -OCH3 is 1. The van der Waals surface area contributed by atoms with Gasteiger partial charge in [-0.3, -0.25) is 4.79 Å². The predicted molar refractivity (Wildman–Crippen MR) is 85.6 cm³/mol. The SMILES string of the molecule is COc1cccc(/C=C/C(=O)c2ccc(C)o2)c1OC(C)C. The summed E-state index contributed by atoms with van der Waals surface area (Å²) < 4.78 is 16.4. The van der Waals surface area contributed by atoms with E-state index in [2.05, 4.69) is 0 Å². The van der Waals surface area contributed by atoms with E-state index in [1.54, 1.807) is 32.2 Å². The highest BCUT2D eigenvalue weighted by Crippen LogP contribution is 2.32. The van der Waals surface area contributed by atoms with E-state index in [0.29, 0.717) is 23.0 Å². The molecular formula is C18H20O4. The maximum Gasteiger partial charge on any atom is 0.221 e. The maximum absolute atomic E-state index is 12.1. The third kappa shape index (κ3) is 3.79. The molecular weight excluding hydrogens is 280 g/mol. The molecule has 22 heavy (non-hydrogen) atoms. The Morgan fingerprint density at radius 1 is 1.23 bits per heavy atom. The van der Waals surface area contributed by atoms with Crippen LogP contribution in [0.3, 0.4) is 0 Å². The highest BCUT2D eigenvalue weighted by Gasteiger charge is 2.11. The molecule has 0 saturated heterocycles. The number of benzene rings is 1. The van der Waals surface area contributed by atoms with E-state index in [4.69, 9.17) is 13.9 Å². The van der Waals surface area contributed by atoms with Crippen molar-refractivity contribution in [2.75, 3.05) is 7.11 Å². The van der Waals surface area contributed by atoms with E-state index in [9.17, 15) is 4.79 Å². The molecule has 116 valence electrons. The van der Waals surface area contributed by atoms with E-state index in [1.807, 2.05) is 32.0 Å². The average Bonchev–Trinajstić information content (AvgIpc) is 2.92. The predicted octanol–water partition coefficient (Wildman–Crippen LogP) is 4.28. The summed E-state index contributed by atoms with van der Waals surface area (Å²) in [7, 11) is 1.59. The minimum Gasteiger partial charge on any atom is -0.493 e. The van der Waals surface area contributed by atoms with Gasteiger partial charge in [-0.25, -0.2) is 0 Å². The first kappa shape index (κ1) is 15.9. The molecule has 0 atom stereocenters. The lowest BCUT2D eigenvalue weighted by atomic mass is 10.1. The Kier molecular flexibility index (Phi) is 5.04. The second-order valence-electron chi connectivity index (χ2n) is 5.15. The third-order valence-electron chi connectivity index (χ3n) is 2.98. The van der Waals surface area contributed by atoms with Crippen molar-refractivity contribution in [1.82, 2.24) is 0 Å². The minimum absolute atomic E-state index is 0.00637. The Labute approximate surface area is 130 Å². The van der Waals surface area contributed by atoms with Crippen molar-refractivity contribution in [2.24, 2.45) is 0 Å². The zero-order valence-corrected chi connectivity index (χ0v) is 13.3. The summed E-state index contributed by atoms with van der Waals surface area (Å²) in [6.07, 6.45) is 3.19. The van der Waals surface area contributed by atoms with Crippen LogP contribution < -0.4 is 9.47 Å². The number of ether oxygens (including phenoxy) is 2. The Morgan fingerprint density at radius 2 is 2.00 bits per heavy atom. The largest absolute Gasteiger partial charge is 0.493 e. The molecule has 0 saturated carbocycles. The first-order chi connectivity index (χ1) is 10.5. The molecule has 0 fully saturated rings. The summed E-state index contributed by atoms with van der Waals surface area (Å²) in [4.78, 5) is 12.1. The monoisotopic (exact) mass is 300 g/mol. The van der Waals surface area contributed by atoms with Crippen LogP contribution in [0.2, 0.25) is 0 Å². The fraction of sp³-hybridized carbons (Fsp3) is 0.278. The minimum atomic E-state index is -0.189. The summed E-state index contributed by atoms with van der Waals surface area (Å²) in [6.45, 7) is 5.69. The lowest BCUT2D eigenvalue weighted by Gasteiger charge is -2.15. The summed E-state index contributed by atoms with van der Waals surface area (Å²) in [5.41, 5.74) is 0.782. The maximum atomic E-state index is 12.1. The number of hydrogen-bond donors (Lipinski definition) is 0. The van der Waals surface area contributed by atoms with Crippen molar-refractivity contribution < 1.29 is 18.7 Å². The normalized spacial score (nSPS) is 11.1. The topological polar surface area (TPSA) is 48.7 Å². The van der Waals surface area contributed by atoms with E-state index >= 15 is 0 Å². The van der Waals surface area contributed by atoms with Gasteiger partial charge >= 0.3 is 0 Å². The average molecular weight is 300 g/mol. The molecule has 4 heteroatoms. The van der Waals surface area contributed by atoms with Crippen LogP contribution in [0.1, 0.15) is 35.7 Å². The Hall–Kier alpha value is -2.49. The fourth-order valence-corrected chi connectivity index (χ4v) is 2.00. The number of rotatable bonds is 6. The second kappa shape index (κ2) is 6.98. The van der Waals surface area contributed by atoms with Crippen molar-refractivity contribution in [3.05, 3.63) is 53.5 Å². The molecule has 0 radical (unpaired) electrons. The molecule has 0 amide bonds.